The molecule has 0 saturated heterocycles. The van der Waals surface area contributed by atoms with E-state index in [1.165, 1.54) is 38.1 Å². The lowest BCUT2D eigenvalue weighted by atomic mass is 10.2. The maximum atomic E-state index is 4.57. The molecule has 0 unspecified atom stereocenters. The third-order valence-corrected chi connectivity index (χ3v) is 3.25. The molecule has 0 bridgehead atoms. The van der Waals surface area contributed by atoms with Crippen LogP contribution in [0.5, 0.6) is 0 Å². The SMILES string of the molecule is CCN(CC)CCCNC1=NCCCCC1. The molecule has 0 spiro atoms. The van der Waals surface area contributed by atoms with Gasteiger partial charge in [0.2, 0.25) is 0 Å². The van der Waals surface area contributed by atoms with E-state index in [4.69, 9.17) is 0 Å². The van der Waals surface area contributed by atoms with E-state index in [0.29, 0.717) is 0 Å². The van der Waals surface area contributed by atoms with Crippen molar-refractivity contribution in [3.05, 3.63) is 0 Å². The lowest BCUT2D eigenvalue weighted by Gasteiger charge is -2.18. The van der Waals surface area contributed by atoms with E-state index in [2.05, 4.69) is 29.1 Å². The first-order valence-corrected chi connectivity index (χ1v) is 6.86. The third-order valence-electron chi connectivity index (χ3n) is 3.25. The summed E-state index contributed by atoms with van der Waals surface area (Å²) in [5.41, 5.74) is 0. The monoisotopic (exact) mass is 225 g/mol. The summed E-state index contributed by atoms with van der Waals surface area (Å²) in [6.07, 6.45) is 6.30. The standard InChI is InChI=1S/C13H27N3/c1-3-16(4-2)12-8-11-15-13-9-6-5-7-10-14-13/h3-12H2,1-2H3,(H,14,15). The van der Waals surface area contributed by atoms with Crippen LogP contribution in [0.4, 0.5) is 0 Å². The Hall–Kier alpha value is -0.570. The Morgan fingerprint density at radius 1 is 1.19 bits per heavy atom. The Balaban J connectivity index is 2.07. The van der Waals surface area contributed by atoms with Gasteiger partial charge >= 0.3 is 0 Å². The molecule has 3 nitrogen and oxygen atoms in total. The van der Waals surface area contributed by atoms with Gasteiger partial charge < -0.3 is 10.2 Å². The van der Waals surface area contributed by atoms with Gasteiger partial charge in [-0.3, -0.25) is 4.99 Å². The van der Waals surface area contributed by atoms with Gasteiger partial charge in [-0.15, -0.1) is 0 Å². The highest BCUT2D eigenvalue weighted by Crippen LogP contribution is 2.05. The minimum absolute atomic E-state index is 1.03. The maximum Gasteiger partial charge on any atom is 0.0963 e. The van der Waals surface area contributed by atoms with E-state index in [9.17, 15) is 0 Å². The number of hydrogen-bond acceptors (Lipinski definition) is 3. The molecular weight excluding hydrogens is 198 g/mol. The first kappa shape index (κ1) is 13.5. The van der Waals surface area contributed by atoms with E-state index >= 15 is 0 Å². The lowest BCUT2D eigenvalue weighted by Crippen LogP contribution is -2.29. The van der Waals surface area contributed by atoms with Crippen molar-refractivity contribution in [3.63, 3.8) is 0 Å². The predicted octanol–water partition coefficient (Wildman–Crippen LogP) is 2.28. The summed E-state index contributed by atoms with van der Waals surface area (Å²) in [4.78, 5) is 7.04. The molecule has 0 aromatic heterocycles. The minimum Gasteiger partial charge on any atom is -0.374 e. The van der Waals surface area contributed by atoms with Crippen molar-refractivity contribution < 1.29 is 0 Å². The van der Waals surface area contributed by atoms with Crippen LogP contribution in [0.15, 0.2) is 4.99 Å². The molecule has 0 aromatic rings. The van der Waals surface area contributed by atoms with Crippen molar-refractivity contribution in [1.29, 1.82) is 0 Å². The first-order valence-electron chi connectivity index (χ1n) is 6.86. The van der Waals surface area contributed by atoms with Crippen LogP contribution in [-0.2, 0) is 0 Å². The molecule has 1 rings (SSSR count). The molecule has 1 aliphatic rings. The van der Waals surface area contributed by atoms with Crippen LogP contribution >= 0.6 is 0 Å². The summed E-state index contributed by atoms with van der Waals surface area (Å²) in [5, 5.41) is 3.49. The van der Waals surface area contributed by atoms with E-state index in [0.717, 1.165) is 32.6 Å². The molecule has 0 atom stereocenters. The van der Waals surface area contributed by atoms with Gasteiger partial charge in [-0.2, -0.15) is 0 Å². The van der Waals surface area contributed by atoms with Crippen molar-refractivity contribution >= 4 is 5.84 Å². The summed E-state index contributed by atoms with van der Waals surface area (Å²) < 4.78 is 0. The molecule has 1 aliphatic heterocycles. The summed E-state index contributed by atoms with van der Waals surface area (Å²) >= 11 is 0. The van der Waals surface area contributed by atoms with Crippen LogP contribution < -0.4 is 5.32 Å². The normalized spacial score (nSPS) is 17.1. The fraction of sp³-hybridized carbons (Fsp3) is 0.923. The van der Waals surface area contributed by atoms with Crippen LogP contribution in [0.2, 0.25) is 0 Å². The van der Waals surface area contributed by atoms with Gasteiger partial charge in [-0.05, 0) is 38.9 Å². The van der Waals surface area contributed by atoms with Gasteiger partial charge in [0, 0.05) is 19.5 Å². The Bertz CT molecular complexity index is 197. The quantitative estimate of drug-likeness (QED) is 0.702. The topological polar surface area (TPSA) is 27.6 Å². The number of amidine groups is 1. The first-order chi connectivity index (χ1) is 7.86. The Morgan fingerprint density at radius 3 is 2.75 bits per heavy atom. The molecule has 0 aromatic carbocycles. The van der Waals surface area contributed by atoms with Crippen molar-refractivity contribution in [1.82, 2.24) is 10.2 Å². The van der Waals surface area contributed by atoms with Gasteiger partial charge in [0.05, 0.1) is 5.84 Å². The van der Waals surface area contributed by atoms with Crippen LogP contribution in [0.25, 0.3) is 0 Å². The molecule has 0 amide bonds. The smallest absolute Gasteiger partial charge is 0.0963 e. The number of hydrogen-bond donors (Lipinski definition) is 1. The van der Waals surface area contributed by atoms with Crippen LogP contribution in [0, 0.1) is 0 Å². The fourth-order valence-electron chi connectivity index (χ4n) is 2.09. The van der Waals surface area contributed by atoms with Gasteiger partial charge in [0.15, 0.2) is 0 Å². The zero-order valence-corrected chi connectivity index (χ0v) is 11.0. The highest BCUT2D eigenvalue weighted by atomic mass is 15.1. The fourth-order valence-corrected chi connectivity index (χ4v) is 2.09. The number of rotatable bonds is 6. The number of aliphatic imine (C=N–C) groups is 1. The molecule has 0 saturated carbocycles. The zero-order valence-electron chi connectivity index (χ0n) is 11.0. The average Bonchev–Trinajstić information content (AvgIpc) is 2.58. The van der Waals surface area contributed by atoms with Crippen LogP contribution in [0.3, 0.4) is 0 Å². The molecule has 94 valence electrons. The summed E-state index contributed by atoms with van der Waals surface area (Å²) in [6, 6.07) is 0. The second-order valence-corrected chi connectivity index (χ2v) is 4.45. The van der Waals surface area contributed by atoms with E-state index in [1.54, 1.807) is 0 Å². The van der Waals surface area contributed by atoms with Crippen LogP contribution in [-0.4, -0.2) is 43.5 Å². The van der Waals surface area contributed by atoms with Gasteiger partial charge in [0.1, 0.15) is 0 Å². The largest absolute Gasteiger partial charge is 0.374 e. The molecule has 0 radical (unpaired) electrons. The van der Waals surface area contributed by atoms with Crippen molar-refractivity contribution in [2.45, 2.75) is 46.0 Å². The number of nitrogens with one attached hydrogen (secondary N) is 1. The lowest BCUT2D eigenvalue weighted by molar-refractivity contribution is 0.300. The Kier molecular flexibility index (Phi) is 7.23. The van der Waals surface area contributed by atoms with E-state index < -0.39 is 0 Å². The Morgan fingerprint density at radius 2 is 2.00 bits per heavy atom. The maximum absolute atomic E-state index is 4.57. The van der Waals surface area contributed by atoms with Crippen molar-refractivity contribution in [2.75, 3.05) is 32.7 Å². The molecule has 1 N–H and O–H groups in total. The number of nitrogens with zero attached hydrogens (tertiary/aromatic N) is 2. The van der Waals surface area contributed by atoms with E-state index in [-0.39, 0.29) is 0 Å². The van der Waals surface area contributed by atoms with E-state index in [1.807, 2.05) is 0 Å². The van der Waals surface area contributed by atoms with Crippen molar-refractivity contribution in [2.24, 2.45) is 4.99 Å². The minimum atomic E-state index is 1.03. The second kappa shape index (κ2) is 8.57. The summed E-state index contributed by atoms with van der Waals surface area (Å²) in [5.74, 6) is 1.25. The van der Waals surface area contributed by atoms with Gasteiger partial charge in [-0.1, -0.05) is 20.3 Å². The average molecular weight is 225 g/mol. The predicted molar refractivity (Wildman–Crippen MR) is 71.2 cm³/mol. The molecule has 0 aliphatic carbocycles. The molecule has 1 heterocycles. The second-order valence-electron chi connectivity index (χ2n) is 4.45. The summed E-state index contributed by atoms with van der Waals surface area (Å²) in [7, 11) is 0. The molecular formula is C13H27N3. The zero-order chi connectivity index (χ0) is 11.6. The Labute approximate surface area is 100 Å². The molecule has 0 fully saturated rings. The van der Waals surface area contributed by atoms with Crippen LogP contribution in [0.1, 0.15) is 46.0 Å². The highest BCUT2D eigenvalue weighted by molar-refractivity contribution is 5.82. The summed E-state index contributed by atoms with van der Waals surface area (Å²) in [6.45, 7) is 10.1. The third kappa shape index (κ3) is 5.50. The van der Waals surface area contributed by atoms with Gasteiger partial charge in [-0.25, -0.2) is 0 Å². The van der Waals surface area contributed by atoms with Crippen molar-refractivity contribution in [3.8, 4) is 0 Å². The molecule has 3 heteroatoms. The molecule has 16 heavy (non-hydrogen) atoms. The highest BCUT2D eigenvalue weighted by Gasteiger charge is 2.03. The van der Waals surface area contributed by atoms with Gasteiger partial charge in [0.25, 0.3) is 0 Å².